The van der Waals surface area contributed by atoms with Crippen molar-refractivity contribution >= 4 is 5.52 Å². The third-order valence-electron chi connectivity index (χ3n) is 3.06. The van der Waals surface area contributed by atoms with E-state index in [1.54, 1.807) is 12.3 Å². The van der Waals surface area contributed by atoms with Gasteiger partial charge < -0.3 is 10.1 Å². The van der Waals surface area contributed by atoms with Crippen LogP contribution in [0.25, 0.3) is 16.6 Å². The number of imidazole rings is 1. The number of pyridine rings is 1. The summed E-state index contributed by atoms with van der Waals surface area (Å²) in [6, 6.07) is 7.51. The van der Waals surface area contributed by atoms with Gasteiger partial charge in [0.25, 0.3) is 0 Å². The molecule has 5 heteroatoms. The van der Waals surface area contributed by atoms with E-state index in [1.807, 2.05) is 22.7 Å². The zero-order valence-corrected chi connectivity index (χ0v) is 9.98. The fourth-order valence-corrected chi connectivity index (χ4v) is 2.13. The molecule has 2 N–H and O–H groups in total. The standard InChI is InChI=1S/C14H11F2N3/c15-11-4-3-9(6-12(11)16)10-2-1-5-19-13(10)8-18-14(19)7-17/h1-6,8H,7,17H2. The van der Waals surface area contributed by atoms with Gasteiger partial charge in [0.15, 0.2) is 11.6 Å². The molecule has 19 heavy (non-hydrogen) atoms. The van der Waals surface area contributed by atoms with E-state index in [9.17, 15) is 8.78 Å². The van der Waals surface area contributed by atoms with Gasteiger partial charge in [-0.3, -0.25) is 0 Å². The van der Waals surface area contributed by atoms with Crippen LogP contribution in [0.4, 0.5) is 8.78 Å². The molecule has 0 amide bonds. The molecular weight excluding hydrogens is 248 g/mol. The number of rotatable bonds is 2. The van der Waals surface area contributed by atoms with E-state index < -0.39 is 11.6 Å². The van der Waals surface area contributed by atoms with Crippen LogP contribution in [0.15, 0.2) is 42.7 Å². The first-order valence-electron chi connectivity index (χ1n) is 5.81. The van der Waals surface area contributed by atoms with E-state index in [0.29, 0.717) is 12.1 Å². The van der Waals surface area contributed by atoms with E-state index in [2.05, 4.69) is 4.98 Å². The van der Waals surface area contributed by atoms with E-state index in [-0.39, 0.29) is 0 Å². The molecule has 0 unspecified atom stereocenters. The van der Waals surface area contributed by atoms with E-state index in [4.69, 9.17) is 5.73 Å². The molecule has 3 nitrogen and oxygen atoms in total. The van der Waals surface area contributed by atoms with E-state index >= 15 is 0 Å². The van der Waals surface area contributed by atoms with E-state index in [0.717, 1.165) is 23.0 Å². The molecule has 0 radical (unpaired) electrons. The third-order valence-corrected chi connectivity index (χ3v) is 3.06. The predicted octanol–water partition coefficient (Wildman–Crippen LogP) is 2.74. The van der Waals surface area contributed by atoms with Gasteiger partial charge in [-0.25, -0.2) is 13.8 Å². The van der Waals surface area contributed by atoms with Crippen LogP contribution in [0.5, 0.6) is 0 Å². The highest BCUT2D eigenvalue weighted by atomic mass is 19.2. The second kappa shape index (κ2) is 4.44. The Labute approximate surface area is 108 Å². The molecule has 96 valence electrons. The van der Waals surface area contributed by atoms with Crippen molar-refractivity contribution in [2.24, 2.45) is 5.73 Å². The molecule has 0 bridgehead atoms. The summed E-state index contributed by atoms with van der Waals surface area (Å²) in [7, 11) is 0. The van der Waals surface area contributed by atoms with Crippen molar-refractivity contribution < 1.29 is 8.78 Å². The lowest BCUT2D eigenvalue weighted by Crippen LogP contribution is -2.02. The summed E-state index contributed by atoms with van der Waals surface area (Å²) in [5.41, 5.74) is 7.80. The van der Waals surface area contributed by atoms with Gasteiger partial charge in [-0.2, -0.15) is 0 Å². The number of halogens is 2. The summed E-state index contributed by atoms with van der Waals surface area (Å²) >= 11 is 0. The van der Waals surface area contributed by atoms with Crippen LogP contribution in [0.2, 0.25) is 0 Å². The normalized spacial score (nSPS) is 11.1. The Balaban J connectivity index is 2.24. The van der Waals surface area contributed by atoms with Crippen LogP contribution in [-0.2, 0) is 6.54 Å². The fourth-order valence-electron chi connectivity index (χ4n) is 2.13. The SMILES string of the molecule is NCc1ncc2c(-c3ccc(F)c(F)c3)cccn12. The minimum Gasteiger partial charge on any atom is -0.324 e. The molecule has 3 aromatic rings. The largest absolute Gasteiger partial charge is 0.324 e. The summed E-state index contributed by atoms with van der Waals surface area (Å²) in [5, 5.41) is 0. The van der Waals surface area contributed by atoms with Crippen LogP contribution in [0.3, 0.4) is 0 Å². The van der Waals surface area contributed by atoms with Gasteiger partial charge in [0, 0.05) is 11.8 Å². The molecule has 1 aromatic carbocycles. The molecule has 0 aliphatic carbocycles. The van der Waals surface area contributed by atoms with Gasteiger partial charge in [0.05, 0.1) is 18.3 Å². The maximum absolute atomic E-state index is 13.3. The van der Waals surface area contributed by atoms with Crippen LogP contribution < -0.4 is 5.73 Å². The highest BCUT2D eigenvalue weighted by Crippen LogP contribution is 2.26. The first-order valence-corrected chi connectivity index (χ1v) is 5.81. The number of fused-ring (bicyclic) bond motifs is 1. The summed E-state index contributed by atoms with van der Waals surface area (Å²) in [5.74, 6) is -0.996. The van der Waals surface area contributed by atoms with Crippen molar-refractivity contribution in [1.82, 2.24) is 9.38 Å². The first-order chi connectivity index (χ1) is 9.20. The third kappa shape index (κ3) is 1.88. The van der Waals surface area contributed by atoms with Gasteiger partial charge in [-0.15, -0.1) is 0 Å². The number of benzene rings is 1. The van der Waals surface area contributed by atoms with Crippen molar-refractivity contribution in [2.75, 3.05) is 0 Å². The Kier molecular flexibility index (Phi) is 2.76. The highest BCUT2D eigenvalue weighted by Gasteiger charge is 2.10. The van der Waals surface area contributed by atoms with Crippen molar-refractivity contribution in [3.63, 3.8) is 0 Å². The lowest BCUT2D eigenvalue weighted by Gasteiger charge is -2.06. The van der Waals surface area contributed by atoms with Crippen molar-refractivity contribution in [3.05, 3.63) is 60.2 Å². The lowest BCUT2D eigenvalue weighted by atomic mass is 10.1. The van der Waals surface area contributed by atoms with Gasteiger partial charge in [-0.1, -0.05) is 12.1 Å². The number of aromatic nitrogens is 2. The summed E-state index contributed by atoms with van der Waals surface area (Å²) in [6.45, 7) is 0.315. The Hall–Kier alpha value is -2.27. The molecule has 3 rings (SSSR count). The average Bonchev–Trinajstić information content (AvgIpc) is 2.85. The molecule has 0 atom stereocenters. The van der Waals surface area contributed by atoms with Crippen molar-refractivity contribution in [1.29, 1.82) is 0 Å². The minimum atomic E-state index is -0.863. The zero-order chi connectivity index (χ0) is 13.4. The van der Waals surface area contributed by atoms with Crippen molar-refractivity contribution in [3.8, 4) is 11.1 Å². The lowest BCUT2D eigenvalue weighted by molar-refractivity contribution is 0.509. The van der Waals surface area contributed by atoms with Gasteiger partial charge in [0.2, 0.25) is 0 Å². The molecule has 0 fully saturated rings. The Morgan fingerprint density at radius 2 is 2.00 bits per heavy atom. The van der Waals surface area contributed by atoms with Crippen LogP contribution in [-0.4, -0.2) is 9.38 Å². The van der Waals surface area contributed by atoms with Gasteiger partial charge in [-0.05, 0) is 23.8 Å². The maximum atomic E-state index is 13.3. The quantitative estimate of drug-likeness (QED) is 0.769. The van der Waals surface area contributed by atoms with Crippen LogP contribution in [0, 0.1) is 11.6 Å². The Morgan fingerprint density at radius 3 is 2.74 bits per heavy atom. The molecule has 2 heterocycles. The molecule has 0 saturated heterocycles. The Bertz CT molecular complexity index is 750. The number of hydrogen-bond donors (Lipinski definition) is 1. The van der Waals surface area contributed by atoms with Gasteiger partial charge in [0.1, 0.15) is 5.82 Å². The number of nitrogens with zero attached hydrogens (tertiary/aromatic N) is 2. The number of nitrogens with two attached hydrogens (primary N) is 1. The predicted molar refractivity (Wildman–Crippen MR) is 68.4 cm³/mol. The molecule has 0 aliphatic rings. The van der Waals surface area contributed by atoms with Crippen LogP contribution in [0.1, 0.15) is 5.82 Å². The van der Waals surface area contributed by atoms with E-state index in [1.165, 1.54) is 6.07 Å². The molecule has 0 saturated carbocycles. The van der Waals surface area contributed by atoms with Crippen LogP contribution >= 0.6 is 0 Å². The molecule has 2 aromatic heterocycles. The smallest absolute Gasteiger partial charge is 0.159 e. The fraction of sp³-hybridized carbons (Fsp3) is 0.0714. The summed E-state index contributed by atoms with van der Waals surface area (Å²) < 4.78 is 28.1. The van der Waals surface area contributed by atoms with Crippen molar-refractivity contribution in [2.45, 2.75) is 6.54 Å². The second-order valence-electron chi connectivity index (χ2n) is 4.18. The Morgan fingerprint density at radius 1 is 1.16 bits per heavy atom. The monoisotopic (exact) mass is 259 g/mol. The first kappa shape index (κ1) is 11.8. The summed E-state index contributed by atoms with van der Waals surface area (Å²) in [4.78, 5) is 4.21. The molecule has 0 spiro atoms. The van der Waals surface area contributed by atoms with Gasteiger partial charge >= 0.3 is 0 Å². The molecule has 0 aliphatic heterocycles. The summed E-state index contributed by atoms with van der Waals surface area (Å²) in [6.07, 6.45) is 3.52. The second-order valence-corrected chi connectivity index (χ2v) is 4.18. The maximum Gasteiger partial charge on any atom is 0.159 e. The highest BCUT2D eigenvalue weighted by molar-refractivity contribution is 5.80. The average molecular weight is 259 g/mol. The topological polar surface area (TPSA) is 43.3 Å². The number of hydrogen-bond acceptors (Lipinski definition) is 2. The zero-order valence-electron chi connectivity index (χ0n) is 9.98. The minimum absolute atomic E-state index is 0.315. The molecular formula is C14H11F2N3.